The molecule has 46 heavy (non-hydrogen) atoms. The Morgan fingerprint density at radius 1 is 0.978 bits per heavy atom. The quantitative estimate of drug-likeness (QED) is 0.241. The minimum atomic E-state index is -5.06. The molecule has 3 aromatic carbocycles. The zero-order chi connectivity index (χ0) is 33.0. The van der Waals surface area contributed by atoms with Crippen molar-refractivity contribution < 1.29 is 47.2 Å². The van der Waals surface area contributed by atoms with Crippen LogP contribution in [0, 0.1) is 5.92 Å². The summed E-state index contributed by atoms with van der Waals surface area (Å²) < 4.78 is 51.9. The van der Waals surface area contributed by atoms with Crippen LogP contribution in [0.15, 0.2) is 77.7 Å². The summed E-state index contributed by atoms with van der Waals surface area (Å²) in [6.45, 7) is 1.74. The highest BCUT2D eigenvalue weighted by Gasteiger charge is 2.47. The molecule has 0 bridgehead atoms. The Morgan fingerprint density at radius 3 is 2.30 bits per heavy atom. The third kappa shape index (κ3) is 7.55. The van der Waals surface area contributed by atoms with E-state index in [1.165, 1.54) is 11.8 Å². The normalized spacial score (nSPS) is 23.2. The van der Waals surface area contributed by atoms with Crippen molar-refractivity contribution in [3.05, 3.63) is 95.1 Å². The molecule has 244 valence electrons. The fourth-order valence-electron chi connectivity index (χ4n) is 5.65. The zero-order valence-corrected chi connectivity index (χ0v) is 25.6. The number of ether oxygens (including phenoxy) is 2. The maximum atomic E-state index is 13.0. The van der Waals surface area contributed by atoms with Gasteiger partial charge in [0.05, 0.1) is 24.4 Å². The number of aliphatic hydroxyl groups is 1. The van der Waals surface area contributed by atoms with Crippen LogP contribution in [-0.2, 0) is 25.7 Å². The van der Waals surface area contributed by atoms with E-state index in [2.05, 4.69) is 5.32 Å². The predicted molar refractivity (Wildman–Crippen MR) is 163 cm³/mol. The SMILES string of the molecule is C[C@@H]1[C@H](CSc2ccccc2C(=O)O)O[C@H](c2ccc(NC(=O)[C@@H]3CCCN3C(=O)C(F)(F)F)cc2)O[C@@H]1c1ccc(CO)cc1. The van der Waals surface area contributed by atoms with Gasteiger partial charge in [-0.05, 0) is 48.2 Å². The molecule has 3 aromatic rings. The molecule has 9 nitrogen and oxygen atoms in total. The first-order valence-corrected chi connectivity index (χ1v) is 15.7. The first-order chi connectivity index (χ1) is 22.0. The number of halogens is 3. The standard InChI is InChI=1S/C33H33F3N2O7S/c1-19-26(18-46-27-7-3-2-5-24(27)30(41)42)44-31(45-28(19)21-10-8-20(17-39)9-11-21)22-12-14-23(15-13-22)37-29(40)25-6-4-16-38(25)32(43)33(34,35)36/h2-3,5,7-15,19,25-26,28,31,39H,4,6,16-18H2,1H3,(H,37,40)(H,41,42)/t19-,25+,26+,28+,31+/m1/s1. The third-order valence-electron chi connectivity index (χ3n) is 8.15. The van der Waals surface area contributed by atoms with Gasteiger partial charge in [0.2, 0.25) is 5.91 Å². The van der Waals surface area contributed by atoms with Gasteiger partial charge < -0.3 is 29.9 Å². The number of carboxylic acids is 1. The van der Waals surface area contributed by atoms with Crippen LogP contribution in [0.1, 0.15) is 59.2 Å². The summed E-state index contributed by atoms with van der Waals surface area (Å²) in [6.07, 6.45) is -6.25. The largest absolute Gasteiger partial charge is 0.478 e. The van der Waals surface area contributed by atoms with E-state index in [-0.39, 0.29) is 37.2 Å². The number of benzene rings is 3. The number of carboxylic acid groups (broad SMARTS) is 1. The van der Waals surface area contributed by atoms with E-state index in [1.54, 1.807) is 48.5 Å². The minimum Gasteiger partial charge on any atom is -0.478 e. The van der Waals surface area contributed by atoms with Gasteiger partial charge in [0.15, 0.2) is 6.29 Å². The van der Waals surface area contributed by atoms with Crippen LogP contribution in [0.2, 0.25) is 0 Å². The molecule has 13 heteroatoms. The van der Waals surface area contributed by atoms with Gasteiger partial charge in [0, 0.05) is 34.4 Å². The van der Waals surface area contributed by atoms with Gasteiger partial charge in [-0.15, -0.1) is 11.8 Å². The maximum Gasteiger partial charge on any atom is 0.471 e. The molecule has 5 rings (SSSR count). The Labute approximate surface area is 267 Å². The van der Waals surface area contributed by atoms with Crippen LogP contribution >= 0.6 is 11.8 Å². The van der Waals surface area contributed by atoms with Gasteiger partial charge in [0.1, 0.15) is 6.04 Å². The predicted octanol–water partition coefficient (Wildman–Crippen LogP) is 5.95. The van der Waals surface area contributed by atoms with E-state index in [9.17, 15) is 37.8 Å². The lowest BCUT2D eigenvalue weighted by molar-refractivity contribution is -0.268. The van der Waals surface area contributed by atoms with Crippen LogP contribution in [0.4, 0.5) is 18.9 Å². The Balaban J connectivity index is 1.33. The average Bonchev–Trinajstić information content (AvgIpc) is 3.54. The fourth-order valence-corrected chi connectivity index (χ4v) is 6.86. The highest BCUT2D eigenvalue weighted by atomic mass is 32.2. The Kier molecular flexibility index (Phi) is 10.4. The van der Waals surface area contributed by atoms with Crippen LogP contribution in [0.25, 0.3) is 0 Å². The van der Waals surface area contributed by atoms with E-state index < -0.39 is 42.4 Å². The molecule has 0 saturated carbocycles. The Morgan fingerprint density at radius 2 is 1.65 bits per heavy atom. The van der Waals surface area contributed by atoms with Crippen molar-refractivity contribution in [2.45, 2.75) is 62.0 Å². The number of likely N-dealkylation sites (tertiary alicyclic amines) is 1. The zero-order valence-electron chi connectivity index (χ0n) is 24.8. The van der Waals surface area contributed by atoms with Gasteiger partial charge in [-0.2, -0.15) is 13.2 Å². The maximum absolute atomic E-state index is 13.0. The van der Waals surface area contributed by atoms with Crippen molar-refractivity contribution >= 4 is 35.2 Å². The first kappa shape index (κ1) is 33.5. The van der Waals surface area contributed by atoms with Crippen molar-refractivity contribution in [1.82, 2.24) is 4.90 Å². The molecule has 0 radical (unpaired) electrons. The van der Waals surface area contributed by atoms with E-state index >= 15 is 0 Å². The summed E-state index contributed by atoms with van der Waals surface area (Å²) >= 11 is 1.37. The van der Waals surface area contributed by atoms with Crippen LogP contribution in [-0.4, -0.2) is 63.5 Å². The second-order valence-corrected chi connectivity index (χ2v) is 12.3. The number of alkyl halides is 3. The molecule has 2 fully saturated rings. The second kappa shape index (κ2) is 14.2. The number of carbonyl (C=O) groups excluding carboxylic acids is 2. The van der Waals surface area contributed by atoms with E-state index in [4.69, 9.17) is 9.47 Å². The lowest BCUT2D eigenvalue weighted by atomic mass is 9.91. The second-order valence-electron chi connectivity index (χ2n) is 11.2. The van der Waals surface area contributed by atoms with Crippen molar-refractivity contribution in [3.8, 4) is 0 Å². The van der Waals surface area contributed by atoms with E-state index in [1.807, 2.05) is 31.2 Å². The summed E-state index contributed by atoms with van der Waals surface area (Å²) in [5.41, 5.74) is 2.77. The molecule has 2 amide bonds. The molecule has 0 unspecified atom stereocenters. The fraction of sp³-hybridized carbons (Fsp3) is 0.364. The van der Waals surface area contributed by atoms with Crippen molar-refractivity contribution in [2.24, 2.45) is 5.92 Å². The number of aromatic carboxylic acids is 1. The van der Waals surface area contributed by atoms with Gasteiger partial charge in [-0.1, -0.05) is 55.5 Å². The lowest BCUT2D eigenvalue weighted by Crippen LogP contribution is -2.48. The molecular weight excluding hydrogens is 625 g/mol. The molecule has 0 aromatic heterocycles. The molecule has 2 aliphatic heterocycles. The number of hydrogen-bond acceptors (Lipinski definition) is 7. The van der Waals surface area contributed by atoms with Crippen LogP contribution < -0.4 is 5.32 Å². The molecule has 2 heterocycles. The Bertz CT molecular complexity index is 1550. The lowest BCUT2D eigenvalue weighted by Gasteiger charge is -2.41. The van der Waals surface area contributed by atoms with Gasteiger partial charge in [-0.3, -0.25) is 9.59 Å². The number of thioether (sulfide) groups is 1. The number of nitrogens with one attached hydrogen (secondary N) is 1. The number of carbonyl (C=O) groups is 3. The van der Waals surface area contributed by atoms with Gasteiger partial charge in [0.25, 0.3) is 0 Å². The molecule has 2 saturated heterocycles. The molecular formula is C33H33F3N2O7S. The highest BCUT2D eigenvalue weighted by Crippen LogP contribution is 2.43. The van der Waals surface area contributed by atoms with Crippen molar-refractivity contribution in [2.75, 3.05) is 17.6 Å². The number of hydrogen-bond donors (Lipinski definition) is 3. The number of aliphatic hydroxyl groups excluding tert-OH is 1. The smallest absolute Gasteiger partial charge is 0.471 e. The van der Waals surface area contributed by atoms with Crippen LogP contribution in [0.3, 0.4) is 0 Å². The monoisotopic (exact) mass is 658 g/mol. The molecule has 0 spiro atoms. The minimum absolute atomic E-state index is 0.102. The number of amides is 2. The molecule has 0 aliphatic carbocycles. The molecule has 5 atom stereocenters. The topological polar surface area (TPSA) is 125 Å². The summed E-state index contributed by atoms with van der Waals surface area (Å²) in [4.78, 5) is 37.6. The number of anilines is 1. The van der Waals surface area contributed by atoms with Gasteiger partial charge >= 0.3 is 18.1 Å². The van der Waals surface area contributed by atoms with E-state index in [0.717, 1.165) is 11.1 Å². The summed E-state index contributed by atoms with van der Waals surface area (Å²) in [5.74, 6) is -3.47. The van der Waals surface area contributed by atoms with Crippen molar-refractivity contribution in [3.63, 3.8) is 0 Å². The summed E-state index contributed by atoms with van der Waals surface area (Å²) in [6, 6.07) is 19.4. The summed E-state index contributed by atoms with van der Waals surface area (Å²) in [5, 5.41) is 21.7. The summed E-state index contributed by atoms with van der Waals surface area (Å²) in [7, 11) is 0. The molecule has 2 aliphatic rings. The van der Waals surface area contributed by atoms with Gasteiger partial charge in [-0.25, -0.2) is 4.79 Å². The third-order valence-corrected chi connectivity index (χ3v) is 9.32. The number of rotatable bonds is 9. The van der Waals surface area contributed by atoms with Crippen molar-refractivity contribution in [1.29, 1.82) is 0 Å². The molecule has 3 N–H and O–H groups in total. The number of nitrogens with zero attached hydrogens (tertiary/aromatic N) is 1. The highest BCUT2D eigenvalue weighted by molar-refractivity contribution is 7.99. The first-order valence-electron chi connectivity index (χ1n) is 14.7. The van der Waals surface area contributed by atoms with E-state index in [0.29, 0.717) is 33.2 Å². The Hall–Kier alpha value is -3.91. The average molecular weight is 659 g/mol. The van der Waals surface area contributed by atoms with Crippen LogP contribution in [0.5, 0.6) is 0 Å².